The van der Waals surface area contributed by atoms with E-state index < -0.39 is 5.60 Å². The number of likely N-dealkylation sites (tertiary alicyclic amines) is 1. The first-order chi connectivity index (χ1) is 10.6. The number of β-amino-alcohol motifs (C(OH)–C–C–N with tert-alkyl or cyclic N) is 1. The molecule has 1 saturated heterocycles. The number of furan rings is 1. The quantitative estimate of drug-likeness (QED) is 0.844. The molecule has 3 heterocycles. The molecule has 2 aromatic heterocycles. The van der Waals surface area contributed by atoms with E-state index in [1.165, 1.54) is 11.8 Å². The van der Waals surface area contributed by atoms with Crippen molar-refractivity contribution >= 4 is 11.8 Å². The van der Waals surface area contributed by atoms with Crippen LogP contribution in [0.2, 0.25) is 0 Å². The largest absolute Gasteiger partial charge is 0.453 e. The van der Waals surface area contributed by atoms with Crippen LogP contribution < -0.4 is 0 Å². The van der Waals surface area contributed by atoms with Gasteiger partial charge in [-0.25, -0.2) is 0 Å². The Morgan fingerprint density at radius 1 is 1.45 bits per heavy atom. The summed E-state index contributed by atoms with van der Waals surface area (Å²) in [6, 6.07) is 3.85. The van der Waals surface area contributed by atoms with Crippen molar-refractivity contribution in [2.24, 2.45) is 7.05 Å². The maximum atomic E-state index is 10.2. The van der Waals surface area contributed by atoms with Crippen molar-refractivity contribution in [3.05, 3.63) is 24.2 Å². The average Bonchev–Trinajstić information content (AvgIpc) is 3.10. The van der Waals surface area contributed by atoms with Crippen molar-refractivity contribution in [2.75, 3.05) is 19.7 Å². The molecule has 1 atom stereocenters. The van der Waals surface area contributed by atoms with Crippen LogP contribution in [-0.2, 0) is 13.6 Å². The molecule has 2 N–H and O–H groups in total. The highest BCUT2D eigenvalue weighted by Gasteiger charge is 2.32. The van der Waals surface area contributed by atoms with Gasteiger partial charge in [0.15, 0.2) is 10.2 Å². The minimum Gasteiger partial charge on any atom is -0.453 e. The fourth-order valence-electron chi connectivity index (χ4n) is 2.64. The summed E-state index contributed by atoms with van der Waals surface area (Å²) < 4.78 is 7.64. The van der Waals surface area contributed by atoms with Gasteiger partial charge in [0.25, 0.3) is 0 Å². The van der Waals surface area contributed by atoms with E-state index in [4.69, 9.17) is 4.42 Å². The first-order valence-electron chi connectivity index (χ1n) is 7.24. The van der Waals surface area contributed by atoms with E-state index in [1.807, 2.05) is 23.7 Å². The molecule has 0 saturated carbocycles. The third-order valence-corrected chi connectivity index (χ3v) is 4.78. The molecule has 0 aromatic carbocycles. The monoisotopic (exact) mass is 324 g/mol. The van der Waals surface area contributed by atoms with Gasteiger partial charge in [-0.2, -0.15) is 0 Å². The Morgan fingerprint density at radius 2 is 2.32 bits per heavy atom. The average molecular weight is 324 g/mol. The van der Waals surface area contributed by atoms with E-state index in [2.05, 4.69) is 15.1 Å². The number of piperidine rings is 1. The van der Waals surface area contributed by atoms with Gasteiger partial charge in [-0.3, -0.25) is 4.90 Å². The second kappa shape index (κ2) is 6.41. The summed E-state index contributed by atoms with van der Waals surface area (Å²) in [5, 5.41) is 28.9. The van der Waals surface area contributed by atoms with Crippen LogP contribution >= 0.6 is 11.8 Å². The summed E-state index contributed by atoms with van der Waals surface area (Å²) in [5.74, 6) is 0.840. The van der Waals surface area contributed by atoms with Gasteiger partial charge in [0.1, 0.15) is 17.7 Å². The van der Waals surface area contributed by atoms with Crippen molar-refractivity contribution in [1.82, 2.24) is 19.7 Å². The topological polar surface area (TPSA) is 87.6 Å². The fourth-order valence-corrected chi connectivity index (χ4v) is 3.39. The highest BCUT2D eigenvalue weighted by molar-refractivity contribution is 7.99. The first-order valence-corrected chi connectivity index (χ1v) is 8.06. The van der Waals surface area contributed by atoms with Crippen LogP contribution in [-0.4, -0.2) is 55.2 Å². The molecular formula is C14H20N4O3S. The second-order valence-electron chi connectivity index (χ2n) is 5.74. The van der Waals surface area contributed by atoms with Gasteiger partial charge in [-0.15, -0.1) is 10.2 Å². The minimum atomic E-state index is -0.985. The van der Waals surface area contributed by atoms with Gasteiger partial charge in [-0.05, 0) is 43.3 Å². The lowest BCUT2D eigenvalue weighted by molar-refractivity contribution is -0.0698. The van der Waals surface area contributed by atoms with E-state index in [0.717, 1.165) is 29.0 Å². The Bertz CT molecular complexity index is 629. The Balaban J connectivity index is 1.61. The number of nitrogens with zero attached hydrogens (tertiary/aromatic N) is 4. The van der Waals surface area contributed by atoms with Crippen molar-refractivity contribution in [3.8, 4) is 0 Å². The number of rotatable bonds is 5. The number of aryl methyl sites for hydroxylation is 1. The Labute approximate surface area is 132 Å². The molecule has 120 valence electrons. The maximum absolute atomic E-state index is 10.2. The Kier molecular flexibility index (Phi) is 4.53. The number of aromatic nitrogens is 3. The van der Waals surface area contributed by atoms with Crippen LogP contribution in [0.1, 0.15) is 18.6 Å². The van der Waals surface area contributed by atoms with Crippen LogP contribution in [0.15, 0.2) is 33.1 Å². The molecule has 1 aliphatic heterocycles. The zero-order valence-electron chi connectivity index (χ0n) is 12.5. The van der Waals surface area contributed by atoms with E-state index in [9.17, 15) is 10.2 Å². The van der Waals surface area contributed by atoms with Crippen LogP contribution in [0, 0.1) is 0 Å². The summed E-state index contributed by atoms with van der Waals surface area (Å²) >= 11 is 1.42. The van der Waals surface area contributed by atoms with E-state index in [1.54, 1.807) is 6.33 Å². The summed E-state index contributed by atoms with van der Waals surface area (Å²) in [6.45, 7) is 1.79. The second-order valence-corrected chi connectivity index (χ2v) is 6.72. The van der Waals surface area contributed by atoms with Crippen LogP contribution in [0.3, 0.4) is 0 Å². The number of hydrogen-bond acceptors (Lipinski definition) is 7. The van der Waals surface area contributed by atoms with Crippen molar-refractivity contribution in [3.63, 3.8) is 0 Å². The zero-order valence-corrected chi connectivity index (χ0v) is 13.3. The van der Waals surface area contributed by atoms with Gasteiger partial charge in [-0.1, -0.05) is 0 Å². The van der Waals surface area contributed by atoms with Crippen molar-refractivity contribution in [2.45, 2.75) is 35.2 Å². The van der Waals surface area contributed by atoms with Gasteiger partial charge in [0.05, 0.1) is 13.2 Å². The van der Waals surface area contributed by atoms with Crippen molar-refractivity contribution < 1.29 is 14.6 Å². The molecule has 0 radical (unpaired) electrons. The molecule has 1 fully saturated rings. The van der Waals surface area contributed by atoms with E-state index in [0.29, 0.717) is 19.5 Å². The van der Waals surface area contributed by atoms with E-state index in [-0.39, 0.29) is 6.61 Å². The van der Waals surface area contributed by atoms with Gasteiger partial charge in [0.2, 0.25) is 0 Å². The molecule has 2 aromatic rings. The molecule has 3 rings (SSSR count). The summed E-state index contributed by atoms with van der Waals surface area (Å²) in [5.41, 5.74) is -0.985. The summed E-state index contributed by atoms with van der Waals surface area (Å²) in [6.07, 6.45) is 3.17. The number of aliphatic hydroxyl groups is 2. The van der Waals surface area contributed by atoms with Crippen molar-refractivity contribution in [1.29, 1.82) is 0 Å². The highest BCUT2D eigenvalue weighted by atomic mass is 32.2. The fraction of sp³-hybridized carbons (Fsp3) is 0.571. The van der Waals surface area contributed by atoms with Gasteiger partial charge < -0.3 is 19.2 Å². The highest BCUT2D eigenvalue weighted by Crippen LogP contribution is 2.28. The maximum Gasteiger partial charge on any atom is 0.198 e. The molecule has 0 spiro atoms. The number of aliphatic hydroxyl groups excluding tert-OH is 1. The molecule has 22 heavy (non-hydrogen) atoms. The molecule has 0 aliphatic carbocycles. The molecule has 1 aliphatic rings. The Morgan fingerprint density at radius 3 is 3.05 bits per heavy atom. The third kappa shape index (κ3) is 3.52. The molecule has 8 heteroatoms. The third-order valence-electron chi connectivity index (χ3n) is 3.81. The minimum absolute atomic E-state index is 0.199. The normalized spacial score (nSPS) is 23.0. The molecular weight excluding hydrogens is 304 g/mol. The van der Waals surface area contributed by atoms with Crippen LogP contribution in [0.5, 0.6) is 0 Å². The first kappa shape index (κ1) is 15.5. The van der Waals surface area contributed by atoms with Gasteiger partial charge >= 0.3 is 0 Å². The van der Waals surface area contributed by atoms with Gasteiger partial charge in [0, 0.05) is 13.6 Å². The summed E-state index contributed by atoms with van der Waals surface area (Å²) in [7, 11) is 1.88. The zero-order chi connectivity index (χ0) is 15.6. The van der Waals surface area contributed by atoms with Crippen LogP contribution in [0.25, 0.3) is 0 Å². The lowest BCUT2D eigenvalue weighted by Gasteiger charge is -2.37. The molecule has 0 bridgehead atoms. The summed E-state index contributed by atoms with van der Waals surface area (Å²) in [4.78, 5) is 2.11. The smallest absolute Gasteiger partial charge is 0.198 e. The number of hydrogen-bond donors (Lipinski definition) is 2. The predicted molar refractivity (Wildman–Crippen MR) is 80.4 cm³/mol. The van der Waals surface area contributed by atoms with Crippen LogP contribution in [0.4, 0.5) is 0 Å². The Hall–Kier alpha value is -1.35. The lowest BCUT2D eigenvalue weighted by Crippen LogP contribution is -2.49. The SMILES string of the molecule is Cn1cnnc1Sc1ccc(CN2CCC[C@](O)(CO)C2)o1. The standard InChI is InChI=1S/C14H20N4O3S/c1-17-10-15-16-13(17)22-12-4-3-11(21-12)7-18-6-2-5-14(20,8-18)9-19/h3-4,10,19-20H,2,5-9H2,1H3/t14-/m1/s1. The predicted octanol–water partition coefficient (Wildman–Crippen LogP) is 0.878. The lowest BCUT2D eigenvalue weighted by atomic mass is 9.94. The molecule has 0 amide bonds. The van der Waals surface area contributed by atoms with E-state index >= 15 is 0 Å². The molecule has 0 unspecified atom stereocenters. The molecule has 7 nitrogen and oxygen atoms in total.